The van der Waals surface area contributed by atoms with E-state index >= 15 is 0 Å². The molecule has 0 spiro atoms. The third kappa shape index (κ3) is 6.10. The van der Waals surface area contributed by atoms with Crippen molar-refractivity contribution in [3.8, 4) is 17.2 Å². The maximum Gasteiger partial charge on any atom is 0.301 e. The zero-order valence-electron chi connectivity index (χ0n) is 25.1. The highest BCUT2D eigenvalue weighted by Gasteiger charge is 2.48. The summed E-state index contributed by atoms with van der Waals surface area (Å²) in [5, 5.41) is 20.3. The van der Waals surface area contributed by atoms with E-state index in [4.69, 9.17) is 14.2 Å². The van der Waals surface area contributed by atoms with Gasteiger partial charge in [0.15, 0.2) is 15.8 Å². The first kappa shape index (κ1) is 31.3. The van der Waals surface area contributed by atoms with Gasteiger partial charge in [-0.25, -0.2) is 4.39 Å². The SMILES string of the molecule is C=CCOc1ccc(C2/C(=C(\O)c3ccc4c(c3)CC(C)O4)C(=O)C(=O)N2c2nnc(SCc3ccccc3F)s2)cc1OCC. The number of ketones is 1. The van der Waals surface area contributed by atoms with E-state index in [0.717, 1.165) is 16.9 Å². The number of aromatic nitrogens is 2. The highest BCUT2D eigenvalue weighted by Crippen LogP contribution is 2.46. The van der Waals surface area contributed by atoms with Gasteiger partial charge in [-0.05, 0) is 66.9 Å². The van der Waals surface area contributed by atoms with Crippen LogP contribution in [0.25, 0.3) is 5.76 Å². The molecule has 12 heteroatoms. The molecule has 6 rings (SSSR count). The number of aliphatic hydroxyl groups is 1. The fourth-order valence-electron chi connectivity index (χ4n) is 5.41. The van der Waals surface area contributed by atoms with E-state index in [9.17, 15) is 19.1 Å². The van der Waals surface area contributed by atoms with Gasteiger partial charge in [0.05, 0.1) is 18.2 Å². The van der Waals surface area contributed by atoms with Crippen LogP contribution in [0.4, 0.5) is 9.52 Å². The van der Waals surface area contributed by atoms with Crippen molar-refractivity contribution in [2.24, 2.45) is 0 Å². The summed E-state index contributed by atoms with van der Waals surface area (Å²) in [6.45, 7) is 8.06. The van der Waals surface area contributed by atoms with Crippen LogP contribution in [0.2, 0.25) is 0 Å². The number of benzene rings is 3. The van der Waals surface area contributed by atoms with Crippen molar-refractivity contribution in [2.75, 3.05) is 18.1 Å². The third-order valence-electron chi connectivity index (χ3n) is 7.46. The van der Waals surface area contributed by atoms with Gasteiger partial charge < -0.3 is 19.3 Å². The van der Waals surface area contributed by atoms with E-state index in [1.165, 1.54) is 22.7 Å². The Kier molecular flexibility index (Phi) is 9.09. The Labute approximate surface area is 273 Å². The van der Waals surface area contributed by atoms with E-state index in [-0.39, 0.29) is 35.0 Å². The van der Waals surface area contributed by atoms with Crippen molar-refractivity contribution in [3.63, 3.8) is 0 Å². The lowest BCUT2D eigenvalue weighted by molar-refractivity contribution is -0.132. The van der Waals surface area contributed by atoms with Crippen LogP contribution < -0.4 is 19.1 Å². The maximum atomic E-state index is 14.2. The molecular weight excluding hydrogens is 630 g/mol. The Morgan fingerprint density at radius 3 is 2.76 bits per heavy atom. The van der Waals surface area contributed by atoms with Crippen LogP contribution >= 0.6 is 23.1 Å². The summed E-state index contributed by atoms with van der Waals surface area (Å²) in [5.41, 5.74) is 2.17. The van der Waals surface area contributed by atoms with Crippen molar-refractivity contribution in [1.29, 1.82) is 0 Å². The highest BCUT2D eigenvalue weighted by molar-refractivity contribution is 8.00. The van der Waals surface area contributed by atoms with Gasteiger partial charge in [-0.15, -0.1) is 10.2 Å². The van der Waals surface area contributed by atoms with Gasteiger partial charge in [0.2, 0.25) is 5.13 Å². The van der Waals surface area contributed by atoms with Crippen LogP contribution in [0.1, 0.15) is 42.1 Å². The summed E-state index contributed by atoms with van der Waals surface area (Å²) in [4.78, 5) is 28.7. The zero-order valence-corrected chi connectivity index (χ0v) is 26.7. The summed E-state index contributed by atoms with van der Waals surface area (Å²) in [6.07, 6.45) is 2.24. The summed E-state index contributed by atoms with van der Waals surface area (Å²) < 4.78 is 32.1. The molecule has 46 heavy (non-hydrogen) atoms. The van der Waals surface area contributed by atoms with Gasteiger partial charge in [-0.1, -0.05) is 60.0 Å². The Bertz CT molecular complexity index is 1860. The molecule has 0 saturated carbocycles. The number of aliphatic hydroxyl groups excluding tert-OH is 1. The van der Waals surface area contributed by atoms with Gasteiger partial charge in [-0.3, -0.25) is 14.5 Å². The Balaban J connectivity index is 1.43. The lowest BCUT2D eigenvalue weighted by Crippen LogP contribution is -2.29. The molecule has 3 heterocycles. The van der Waals surface area contributed by atoms with Gasteiger partial charge in [0, 0.05) is 17.7 Å². The molecule has 9 nitrogen and oxygen atoms in total. The molecule has 2 aliphatic rings. The molecule has 4 aromatic rings. The fraction of sp³-hybridized carbons (Fsp3) is 0.235. The van der Waals surface area contributed by atoms with Crippen LogP contribution in [0, 0.1) is 5.82 Å². The molecule has 1 aromatic heterocycles. The van der Waals surface area contributed by atoms with E-state index < -0.39 is 17.7 Å². The second kappa shape index (κ2) is 13.4. The largest absolute Gasteiger partial charge is 0.507 e. The number of fused-ring (bicyclic) bond motifs is 1. The summed E-state index contributed by atoms with van der Waals surface area (Å²) >= 11 is 2.36. The first-order valence-electron chi connectivity index (χ1n) is 14.6. The minimum absolute atomic E-state index is 0.0142. The number of halogens is 1. The van der Waals surface area contributed by atoms with Crippen LogP contribution in [0.5, 0.6) is 17.2 Å². The number of nitrogens with zero attached hydrogens (tertiary/aromatic N) is 3. The minimum atomic E-state index is -1.06. The van der Waals surface area contributed by atoms with E-state index in [1.807, 2.05) is 13.8 Å². The number of hydrogen-bond donors (Lipinski definition) is 1. The van der Waals surface area contributed by atoms with Gasteiger partial charge in [0.25, 0.3) is 5.78 Å². The first-order chi connectivity index (χ1) is 22.3. The zero-order chi connectivity index (χ0) is 32.4. The second-order valence-electron chi connectivity index (χ2n) is 10.6. The van der Waals surface area contributed by atoms with Crippen LogP contribution in [-0.2, 0) is 21.8 Å². The number of amides is 1. The number of hydrogen-bond acceptors (Lipinski definition) is 10. The number of Topliss-reactive ketones (excluding diaryl/α,β-unsaturated/α-hetero) is 1. The predicted molar refractivity (Wildman–Crippen MR) is 174 cm³/mol. The average Bonchev–Trinajstić information content (AvgIpc) is 3.74. The Hall–Kier alpha value is -4.68. The van der Waals surface area contributed by atoms with E-state index in [1.54, 1.807) is 60.7 Å². The molecule has 0 radical (unpaired) electrons. The monoisotopic (exact) mass is 659 g/mol. The first-order valence-corrected chi connectivity index (χ1v) is 16.4. The fourth-order valence-corrected chi connectivity index (χ4v) is 7.27. The maximum absolute atomic E-state index is 14.2. The minimum Gasteiger partial charge on any atom is -0.507 e. The van der Waals surface area contributed by atoms with Crippen molar-refractivity contribution >= 4 is 45.7 Å². The van der Waals surface area contributed by atoms with Crippen LogP contribution in [0.3, 0.4) is 0 Å². The number of carbonyl (C=O) groups is 2. The van der Waals surface area contributed by atoms with Gasteiger partial charge in [-0.2, -0.15) is 0 Å². The molecule has 2 unspecified atom stereocenters. The summed E-state index contributed by atoms with van der Waals surface area (Å²) in [6, 6.07) is 15.7. The van der Waals surface area contributed by atoms with E-state index in [2.05, 4.69) is 16.8 Å². The molecule has 1 saturated heterocycles. The molecule has 1 amide bonds. The standard InChI is InChI=1S/C34H30FN3O6S2/c1-4-14-43-26-13-10-20(17-27(26)42-5-2)29-28(30(39)21-11-12-25-23(16-21)15-19(3)44-25)31(40)32(41)38(29)33-36-37-34(46-33)45-18-22-8-6-7-9-24(22)35/h4,6-13,16-17,19,29,39H,1,5,14-15,18H2,2-3H3/b30-28+. The summed E-state index contributed by atoms with van der Waals surface area (Å²) in [5.74, 6) is -0.516. The van der Waals surface area contributed by atoms with Crippen molar-refractivity contribution in [1.82, 2.24) is 10.2 Å². The van der Waals surface area contributed by atoms with Gasteiger partial charge in [0.1, 0.15) is 30.0 Å². The predicted octanol–water partition coefficient (Wildman–Crippen LogP) is 6.88. The molecule has 2 atom stereocenters. The molecule has 2 aliphatic heterocycles. The molecule has 0 aliphatic carbocycles. The number of carbonyl (C=O) groups excluding carboxylic acids is 2. The Morgan fingerprint density at radius 2 is 1.98 bits per heavy atom. The smallest absolute Gasteiger partial charge is 0.301 e. The topological polar surface area (TPSA) is 111 Å². The molecular formula is C34H30FN3O6S2. The molecule has 236 valence electrons. The number of ether oxygens (including phenoxy) is 3. The molecule has 0 bridgehead atoms. The second-order valence-corrected chi connectivity index (χ2v) is 12.8. The van der Waals surface area contributed by atoms with Crippen molar-refractivity contribution in [2.45, 2.75) is 42.5 Å². The van der Waals surface area contributed by atoms with Crippen LogP contribution in [-0.4, -0.2) is 46.3 Å². The Morgan fingerprint density at radius 1 is 1.15 bits per heavy atom. The average molecular weight is 660 g/mol. The normalized spacial score (nSPS) is 18.4. The number of anilines is 1. The van der Waals surface area contributed by atoms with Crippen molar-refractivity contribution in [3.05, 3.63) is 107 Å². The lowest BCUT2D eigenvalue weighted by Gasteiger charge is -2.23. The quantitative estimate of drug-likeness (QED) is 0.0460. The van der Waals surface area contributed by atoms with Crippen LogP contribution in [0.15, 0.2) is 83.2 Å². The summed E-state index contributed by atoms with van der Waals surface area (Å²) in [7, 11) is 0. The third-order valence-corrected chi connectivity index (χ3v) is 9.57. The van der Waals surface area contributed by atoms with Gasteiger partial charge >= 0.3 is 5.91 Å². The van der Waals surface area contributed by atoms with E-state index in [0.29, 0.717) is 57.1 Å². The lowest BCUT2D eigenvalue weighted by atomic mass is 9.94. The number of rotatable bonds is 11. The molecule has 1 N–H and O–H groups in total. The molecule has 1 fully saturated rings. The van der Waals surface area contributed by atoms with Crippen molar-refractivity contribution < 1.29 is 33.3 Å². The highest BCUT2D eigenvalue weighted by atomic mass is 32.2. The molecule has 3 aromatic carbocycles. The number of thioether (sulfide) groups is 1.